The van der Waals surface area contributed by atoms with Gasteiger partial charge in [-0.15, -0.1) is 0 Å². The molecule has 2 atom stereocenters. The molecule has 0 saturated heterocycles. The number of aliphatic carboxylic acids is 1. The Morgan fingerprint density at radius 3 is 2.67 bits per heavy atom. The molecule has 1 aromatic carbocycles. The number of ether oxygens (including phenoxy) is 1. The molecule has 1 aliphatic carbocycles. The first kappa shape index (κ1) is 15.4. The molecule has 114 valence electrons. The van der Waals surface area contributed by atoms with Crippen LogP contribution in [0.1, 0.15) is 44.2 Å². The third-order valence-electron chi connectivity index (χ3n) is 3.32. The summed E-state index contributed by atoms with van der Waals surface area (Å²) in [5.74, 6) is -0.902. The van der Waals surface area contributed by atoms with E-state index in [1.54, 1.807) is 0 Å². The zero-order chi connectivity index (χ0) is 15.6. The summed E-state index contributed by atoms with van der Waals surface area (Å²) in [6.45, 7) is 5.80. The minimum Gasteiger partial charge on any atom is -0.481 e. The van der Waals surface area contributed by atoms with Crippen LogP contribution >= 0.6 is 0 Å². The minimum absolute atomic E-state index is 0.101. The highest BCUT2D eigenvalue weighted by Crippen LogP contribution is 2.47. The van der Waals surface area contributed by atoms with E-state index in [0.717, 1.165) is 11.1 Å². The molecule has 0 aliphatic heterocycles. The number of carboxylic acids is 1. The first-order valence-corrected chi connectivity index (χ1v) is 7.05. The number of hydrogen-bond acceptors (Lipinski definition) is 3. The van der Waals surface area contributed by atoms with Crippen LogP contribution < -0.4 is 5.32 Å². The van der Waals surface area contributed by atoms with Gasteiger partial charge in [-0.3, -0.25) is 4.79 Å². The Labute approximate surface area is 124 Å². The van der Waals surface area contributed by atoms with E-state index >= 15 is 0 Å². The summed E-state index contributed by atoms with van der Waals surface area (Å²) in [6.07, 6.45) is 0.237. The molecule has 1 aromatic rings. The standard InChI is InChI=1S/C16H21NO4/c1-16(2,3)21-15(20)17-9-10-5-4-6-11(7-10)12-8-13(12)14(18)19/h4-7,12-13H,8-9H2,1-3H3,(H,17,20)(H,18,19)/t12-,13+/m1/s1. The Morgan fingerprint density at radius 2 is 2.10 bits per heavy atom. The van der Waals surface area contributed by atoms with Gasteiger partial charge in [0.25, 0.3) is 0 Å². The summed E-state index contributed by atoms with van der Waals surface area (Å²) in [6, 6.07) is 7.67. The van der Waals surface area contributed by atoms with Crippen LogP contribution in [-0.4, -0.2) is 22.8 Å². The molecule has 5 heteroatoms. The third kappa shape index (κ3) is 4.48. The quantitative estimate of drug-likeness (QED) is 0.894. The first-order valence-electron chi connectivity index (χ1n) is 7.05. The Bertz CT molecular complexity index is 547. The van der Waals surface area contributed by atoms with E-state index in [-0.39, 0.29) is 11.8 Å². The average molecular weight is 291 g/mol. The topological polar surface area (TPSA) is 75.6 Å². The maximum atomic E-state index is 11.6. The SMILES string of the molecule is CC(C)(C)OC(=O)NCc1cccc([C@H]2C[C@@H]2C(=O)O)c1. The largest absolute Gasteiger partial charge is 0.481 e. The van der Waals surface area contributed by atoms with Crippen LogP contribution in [0.2, 0.25) is 0 Å². The second-order valence-corrected chi connectivity index (χ2v) is 6.39. The smallest absolute Gasteiger partial charge is 0.407 e. The lowest BCUT2D eigenvalue weighted by Gasteiger charge is -2.19. The number of carbonyl (C=O) groups is 2. The summed E-state index contributed by atoms with van der Waals surface area (Å²) >= 11 is 0. The monoisotopic (exact) mass is 291 g/mol. The number of nitrogens with one attached hydrogen (secondary N) is 1. The predicted molar refractivity (Wildman–Crippen MR) is 78.0 cm³/mol. The lowest BCUT2D eigenvalue weighted by Crippen LogP contribution is -2.32. The Morgan fingerprint density at radius 1 is 1.38 bits per heavy atom. The molecule has 1 aliphatic rings. The van der Waals surface area contributed by atoms with Gasteiger partial charge in [-0.2, -0.15) is 0 Å². The lowest BCUT2D eigenvalue weighted by molar-refractivity contribution is -0.138. The van der Waals surface area contributed by atoms with Gasteiger partial charge >= 0.3 is 12.1 Å². The highest BCUT2D eigenvalue weighted by atomic mass is 16.6. The Balaban J connectivity index is 1.90. The van der Waals surface area contributed by atoms with Crippen molar-refractivity contribution < 1.29 is 19.4 Å². The average Bonchev–Trinajstić information content (AvgIpc) is 3.15. The molecule has 0 spiro atoms. The van der Waals surface area contributed by atoms with Crippen LogP contribution in [-0.2, 0) is 16.1 Å². The van der Waals surface area contributed by atoms with Crippen molar-refractivity contribution in [3.05, 3.63) is 35.4 Å². The highest BCUT2D eigenvalue weighted by Gasteiger charge is 2.44. The first-order chi connectivity index (χ1) is 9.76. The number of hydrogen-bond donors (Lipinski definition) is 2. The van der Waals surface area contributed by atoms with Crippen molar-refractivity contribution in [3.8, 4) is 0 Å². The number of amides is 1. The van der Waals surface area contributed by atoms with Gasteiger partial charge in [0, 0.05) is 6.54 Å². The van der Waals surface area contributed by atoms with E-state index in [0.29, 0.717) is 13.0 Å². The molecule has 2 rings (SSSR count). The van der Waals surface area contributed by atoms with E-state index in [2.05, 4.69) is 5.32 Å². The van der Waals surface area contributed by atoms with Gasteiger partial charge in [0.2, 0.25) is 0 Å². The number of carboxylic acid groups (broad SMARTS) is 1. The van der Waals surface area contributed by atoms with Gasteiger partial charge < -0.3 is 15.2 Å². The van der Waals surface area contributed by atoms with Crippen molar-refractivity contribution in [2.45, 2.75) is 45.3 Å². The fraction of sp³-hybridized carbons (Fsp3) is 0.500. The molecule has 0 heterocycles. The van der Waals surface area contributed by atoms with E-state index in [1.165, 1.54) is 0 Å². The molecule has 0 aromatic heterocycles. The van der Waals surface area contributed by atoms with Crippen molar-refractivity contribution in [2.24, 2.45) is 5.92 Å². The second kappa shape index (κ2) is 5.76. The third-order valence-corrected chi connectivity index (χ3v) is 3.32. The van der Waals surface area contributed by atoms with Crippen molar-refractivity contribution >= 4 is 12.1 Å². The van der Waals surface area contributed by atoms with Crippen LogP contribution in [0, 0.1) is 5.92 Å². The summed E-state index contributed by atoms with van der Waals surface area (Å²) in [7, 11) is 0. The van der Waals surface area contributed by atoms with Gasteiger partial charge in [0.05, 0.1) is 5.92 Å². The van der Waals surface area contributed by atoms with Gasteiger partial charge in [-0.1, -0.05) is 24.3 Å². The van der Waals surface area contributed by atoms with Crippen LogP contribution in [0.4, 0.5) is 4.79 Å². The summed E-state index contributed by atoms with van der Waals surface area (Å²) in [4.78, 5) is 22.5. The molecule has 0 radical (unpaired) electrons. The number of rotatable bonds is 4. The van der Waals surface area contributed by atoms with Gasteiger partial charge in [0.15, 0.2) is 0 Å². The van der Waals surface area contributed by atoms with Gasteiger partial charge in [-0.25, -0.2) is 4.79 Å². The Hall–Kier alpha value is -2.04. The molecule has 21 heavy (non-hydrogen) atoms. The fourth-order valence-electron chi connectivity index (χ4n) is 2.26. The van der Waals surface area contributed by atoms with Crippen LogP contribution in [0.15, 0.2) is 24.3 Å². The molecule has 0 bridgehead atoms. The van der Waals surface area contributed by atoms with Crippen LogP contribution in [0.5, 0.6) is 0 Å². The summed E-state index contributed by atoms with van der Waals surface area (Å²) < 4.78 is 5.17. The Kier molecular flexibility index (Phi) is 4.21. The molecule has 1 saturated carbocycles. The van der Waals surface area contributed by atoms with Crippen molar-refractivity contribution in [1.82, 2.24) is 5.32 Å². The number of carbonyl (C=O) groups excluding carboxylic acids is 1. The minimum atomic E-state index is -0.739. The molecule has 0 unspecified atom stereocenters. The lowest BCUT2D eigenvalue weighted by atomic mass is 10.1. The zero-order valence-corrected chi connectivity index (χ0v) is 12.6. The molecule has 1 amide bonds. The van der Waals surface area contributed by atoms with Crippen molar-refractivity contribution in [2.75, 3.05) is 0 Å². The molecule has 2 N–H and O–H groups in total. The fourth-order valence-corrected chi connectivity index (χ4v) is 2.26. The summed E-state index contributed by atoms with van der Waals surface area (Å²) in [5, 5.41) is 11.7. The number of benzene rings is 1. The van der Waals surface area contributed by atoms with E-state index in [1.807, 2.05) is 45.0 Å². The van der Waals surface area contributed by atoms with E-state index in [9.17, 15) is 9.59 Å². The molecule has 5 nitrogen and oxygen atoms in total. The van der Waals surface area contributed by atoms with E-state index in [4.69, 9.17) is 9.84 Å². The van der Waals surface area contributed by atoms with E-state index < -0.39 is 17.7 Å². The second-order valence-electron chi connectivity index (χ2n) is 6.39. The maximum Gasteiger partial charge on any atom is 0.407 e. The maximum absolute atomic E-state index is 11.6. The van der Waals surface area contributed by atoms with Crippen LogP contribution in [0.3, 0.4) is 0 Å². The van der Waals surface area contributed by atoms with Crippen molar-refractivity contribution in [3.63, 3.8) is 0 Å². The van der Waals surface area contributed by atoms with Crippen molar-refractivity contribution in [1.29, 1.82) is 0 Å². The zero-order valence-electron chi connectivity index (χ0n) is 12.6. The molecule has 1 fully saturated rings. The van der Waals surface area contributed by atoms with Crippen LogP contribution in [0.25, 0.3) is 0 Å². The highest BCUT2D eigenvalue weighted by molar-refractivity contribution is 5.75. The number of alkyl carbamates (subject to hydrolysis) is 1. The van der Waals surface area contributed by atoms with Gasteiger partial charge in [-0.05, 0) is 44.2 Å². The summed E-state index contributed by atoms with van der Waals surface area (Å²) in [5.41, 5.74) is 1.44. The predicted octanol–water partition coefficient (Wildman–Crippen LogP) is 2.90. The molecular formula is C16H21NO4. The normalized spacial score (nSPS) is 20.7. The molecular weight excluding hydrogens is 270 g/mol. The van der Waals surface area contributed by atoms with Gasteiger partial charge in [0.1, 0.15) is 5.60 Å².